The zero-order chi connectivity index (χ0) is 43.6. The molecule has 0 bridgehead atoms. The number of aromatic nitrogens is 4. The van der Waals surface area contributed by atoms with Crippen LogP contribution in [0.3, 0.4) is 0 Å². The van der Waals surface area contributed by atoms with Crippen LogP contribution in [0.25, 0.3) is 22.8 Å². The van der Waals surface area contributed by atoms with Crippen LogP contribution in [0.5, 0.6) is 23.0 Å². The second kappa shape index (κ2) is 26.2. The number of ether oxygens (including phenoxy) is 6. The molecule has 322 valence electrons. The molecule has 0 saturated carbocycles. The van der Waals surface area contributed by atoms with Crippen LogP contribution >= 0.6 is 0 Å². The van der Waals surface area contributed by atoms with Crippen LogP contribution in [-0.2, 0) is 32.3 Å². The molecule has 0 aliphatic carbocycles. The van der Waals surface area contributed by atoms with Crippen molar-refractivity contribution in [2.24, 2.45) is 0 Å². The molecule has 0 spiro atoms. The number of carbonyl (C=O) groups excluding carboxylic acids is 2. The number of nitrogens with zero attached hydrogens (tertiary/aromatic N) is 5. The van der Waals surface area contributed by atoms with Gasteiger partial charge in [0.2, 0.25) is 0 Å². The van der Waals surface area contributed by atoms with Crippen molar-refractivity contribution in [3.05, 3.63) is 134 Å². The van der Waals surface area contributed by atoms with Gasteiger partial charge in [0.15, 0.2) is 34.6 Å². The van der Waals surface area contributed by atoms with Crippen LogP contribution in [0.2, 0.25) is 0 Å². The maximum absolute atomic E-state index is 11.1. The van der Waals surface area contributed by atoms with Crippen LogP contribution in [0.15, 0.2) is 117 Å². The Hall–Kier alpha value is -7.07. The van der Waals surface area contributed by atoms with Crippen molar-refractivity contribution >= 4 is 11.9 Å². The summed E-state index contributed by atoms with van der Waals surface area (Å²) in [4.78, 5) is 40.1. The summed E-state index contributed by atoms with van der Waals surface area (Å²) < 4.78 is 33.9. The molecule has 2 heterocycles. The monoisotopic (exact) mass is 839 g/mol. The minimum Gasteiger partial charge on any atom is -0.490 e. The summed E-state index contributed by atoms with van der Waals surface area (Å²) in [6.07, 6.45) is 18.7. The summed E-state index contributed by atoms with van der Waals surface area (Å²) in [5.41, 5.74) is 4.05. The molecule has 0 fully saturated rings. The Balaban J connectivity index is 1.02. The Bertz CT molecular complexity index is 2190. The lowest BCUT2D eigenvalue weighted by Gasteiger charge is -2.14. The number of hydrogen-bond acceptors (Lipinski definition) is 13. The van der Waals surface area contributed by atoms with Crippen LogP contribution in [0.1, 0.15) is 80.9 Å². The molecule has 0 N–H and O–H groups in total. The number of rotatable bonds is 28. The largest absolute Gasteiger partial charge is 0.490 e. The summed E-state index contributed by atoms with van der Waals surface area (Å²) in [5, 5.41) is 9.55. The first kappa shape index (κ1) is 46.0. The maximum atomic E-state index is 11.1. The minimum atomic E-state index is -0.381. The highest BCUT2D eigenvalue weighted by molar-refractivity contribution is 5.81. The molecule has 2 aromatic heterocycles. The van der Waals surface area contributed by atoms with Gasteiger partial charge >= 0.3 is 11.9 Å². The Morgan fingerprint density at radius 3 is 1.34 bits per heavy atom. The van der Waals surface area contributed by atoms with Gasteiger partial charge in [-0.15, -0.1) is 0 Å². The zero-order valence-corrected chi connectivity index (χ0v) is 35.0. The fraction of sp³-hybridized carbons (Fsp3) is 0.327. The molecule has 0 unspecified atom stereocenters. The normalized spacial score (nSPS) is 10.6. The van der Waals surface area contributed by atoms with E-state index in [1.807, 2.05) is 48.5 Å². The van der Waals surface area contributed by atoms with Gasteiger partial charge in [-0.2, -0.15) is 5.26 Å². The first-order chi connectivity index (χ1) is 30.4. The lowest BCUT2D eigenvalue weighted by Crippen LogP contribution is -2.02. The van der Waals surface area contributed by atoms with Gasteiger partial charge in [-0.1, -0.05) is 100 Å². The highest BCUT2D eigenvalue weighted by atomic mass is 16.5. The Kier molecular flexibility index (Phi) is 19.4. The van der Waals surface area contributed by atoms with Gasteiger partial charge < -0.3 is 28.4 Å². The van der Waals surface area contributed by atoms with Crippen LogP contribution in [0, 0.1) is 11.3 Å². The number of nitriles is 1. The van der Waals surface area contributed by atoms with Gasteiger partial charge in [0, 0.05) is 29.3 Å². The highest BCUT2D eigenvalue weighted by Gasteiger charge is 2.11. The molecule has 3 aromatic carbocycles. The van der Waals surface area contributed by atoms with Gasteiger partial charge in [0.05, 0.1) is 62.8 Å². The zero-order valence-electron chi connectivity index (χ0n) is 35.0. The Morgan fingerprint density at radius 1 is 0.516 bits per heavy atom. The first-order valence-electron chi connectivity index (χ1n) is 20.9. The van der Waals surface area contributed by atoms with Gasteiger partial charge in [-0.25, -0.2) is 29.5 Å². The number of unbranched alkanes of at least 4 members (excludes halogenated alkanes) is 8. The van der Waals surface area contributed by atoms with Crippen molar-refractivity contribution in [3.8, 4) is 51.8 Å². The number of carbonyl (C=O) groups is 2. The molecule has 0 saturated heterocycles. The third-order valence-corrected chi connectivity index (χ3v) is 9.48. The van der Waals surface area contributed by atoms with E-state index in [-0.39, 0.29) is 25.2 Å². The molecule has 0 aliphatic heterocycles. The van der Waals surface area contributed by atoms with Gasteiger partial charge in [0.1, 0.15) is 13.2 Å². The van der Waals surface area contributed by atoms with Crippen LogP contribution in [-0.4, -0.2) is 58.3 Å². The minimum absolute atomic E-state index is 0.262. The maximum Gasteiger partial charge on any atom is 0.330 e. The van der Waals surface area contributed by atoms with E-state index in [0.717, 1.165) is 86.5 Å². The molecule has 13 nitrogen and oxygen atoms in total. The molecule has 5 rings (SSSR count). The van der Waals surface area contributed by atoms with E-state index in [1.54, 1.807) is 43.0 Å². The molecule has 0 radical (unpaired) electrons. The molecule has 0 aliphatic rings. The molecule has 0 atom stereocenters. The van der Waals surface area contributed by atoms with E-state index in [1.165, 1.54) is 12.2 Å². The fourth-order valence-electron chi connectivity index (χ4n) is 6.02. The predicted octanol–water partition coefficient (Wildman–Crippen LogP) is 9.75. The molecule has 62 heavy (non-hydrogen) atoms. The van der Waals surface area contributed by atoms with Crippen molar-refractivity contribution < 1.29 is 38.0 Å². The van der Waals surface area contributed by atoms with Crippen molar-refractivity contribution in [2.45, 2.75) is 77.4 Å². The lowest BCUT2D eigenvalue weighted by atomic mass is 10.1. The average Bonchev–Trinajstić information content (AvgIpc) is 3.32. The third kappa shape index (κ3) is 16.2. The summed E-state index contributed by atoms with van der Waals surface area (Å²) in [5.74, 6) is 2.64. The second-order valence-electron chi connectivity index (χ2n) is 14.2. The molecule has 13 heteroatoms. The molecular formula is C49H53N5O8. The molecule has 5 aromatic rings. The summed E-state index contributed by atoms with van der Waals surface area (Å²) in [6.45, 7) is 9.33. The van der Waals surface area contributed by atoms with E-state index in [0.29, 0.717) is 66.6 Å². The highest BCUT2D eigenvalue weighted by Crippen LogP contribution is 2.30. The van der Waals surface area contributed by atoms with Crippen molar-refractivity contribution in [1.82, 2.24) is 19.9 Å². The lowest BCUT2D eigenvalue weighted by molar-refractivity contribution is -0.138. The number of benzene rings is 3. The van der Waals surface area contributed by atoms with E-state index in [9.17, 15) is 14.9 Å². The third-order valence-electron chi connectivity index (χ3n) is 9.48. The first-order valence-corrected chi connectivity index (χ1v) is 20.9. The van der Waals surface area contributed by atoms with Crippen molar-refractivity contribution in [3.63, 3.8) is 0 Å². The van der Waals surface area contributed by atoms with E-state index in [2.05, 4.69) is 39.2 Å². The van der Waals surface area contributed by atoms with Crippen LogP contribution in [0.4, 0.5) is 0 Å². The van der Waals surface area contributed by atoms with Gasteiger partial charge in [-0.05, 0) is 48.9 Å². The van der Waals surface area contributed by atoms with Crippen molar-refractivity contribution in [2.75, 3.05) is 26.4 Å². The Morgan fingerprint density at radius 2 is 0.919 bits per heavy atom. The number of hydrogen-bond donors (Lipinski definition) is 0. The summed E-state index contributed by atoms with van der Waals surface area (Å²) in [6, 6.07) is 22.9. The topological polar surface area (TPSA) is 165 Å². The second-order valence-corrected chi connectivity index (χ2v) is 14.2. The van der Waals surface area contributed by atoms with Gasteiger partial charge in [-0.3, -0.25) is 0 Å². The molecular weight excluding hydrogens is 787 g/mol. The Labute approximate surface area is 363 Å². The van der Waals surface area contributed by atoms with E-state index < -0.39 is 0 Å². The fourth-order valence-corrected chi connectivity index (χ4v) is 6.02. The average molecular weight is 840 g/mol. The summed E-state index contributed by atoms with van der Waals surface area (Å²) in [7, 11) is 0. The quantitative estimate of drug-likeness (QED) is 0.0266. The van der Waals surface area contributed by atoms with E-state index >= 15 is 0 Å². The number of esters is 2. The standard InChI is InChI=1S/C49H53N5O8/c1-3-46(55)59-27-13-9-5-7-11-25-57-42-31-51-48(52-32-42)40-20-15-37(16-21-40)35-61-44-24-19-39(30-50)29-45(44)62-36-38-17-22-41(23-18-38)49-53-33-43(34-54-49)58-26-12-8-6-10-14-28-60-47(56)4-2/h3-4,15-24,29,31-34H,1-2,5-14,25-28,35-36H2. The molecule has 0 amide bonds. The smallest absolute Gasteiger partial charge is 0.330 e. The van der Waals surface area contributed by atoms with E-state index in [4.69, 9.17) is 28.4 Å². The predicted molar refractivity (Wildman–Crippen MR) is 234 cm³/mol. The van der Waals surface area contributed by atoms with Crippen molar-refractivity contribution in [1.29, 1.82) is 5.26 Å². The SMILES string of the molecule is C=CC(=O)OCCCCCCCOc1cnc(-c2ccc(COc3ccc(C#N)cc3OCc3ccc(-c4ncc(OCCCCCCCOC(=O)C=C)cn4)cc3)cc2)nc1. The van der Waals surface area contributed by atoms with Crippen LogP contribution < -0.4 is 18.9 Å². The van der Waals surface area contributed by atoms with Gasteiger partial charge in [0.25, 0.3) is 0 Å². The summed E-state index contributed by atoms with van der Waals surface area (Å²) >= 11 is 0.